The summed E-state index contributed by atoms with van der Waals surface area (Å²) >= 11 is 0. The number of aromatic nitrogens is 1. The summed E-state index contributed by atoms with van der Waals surface area (Å²) in [6.45, 7) is 0. The lowest BCUT2D eigenvalue weighted by Gasteiger charge is -1.75. The third kappa shape index (κ3) is 0.707. The topological polar surface area (TPSA) is 41.8 Å². The third-order valence-electron chi connectivity index (χ3n) is 0.673. The van der Waals surface area contributed by atoms with Crippen molar-refractivity contribution in [1.82, 2.24) is 4.98 Å². The van der Waals surface area contributed by atoms with Crippen LogP contribution in [0.25, 0.3) is 0 Å². The quantitative estimate of drug-likeness (QED) is 0.496. The average Bonchev–Trinajstić information content (AvgIpc) is 1.87. The van der Waals surface area contributed by atoms with Crippen molar-refractivity contribution < 1.29 is 4.39 Å². The van der Waals surface area contributed by atoms with Crippen molar-refractivity contribution in [1.29, 1.82) is 0 Å². The molecule has 0 unspecified atom stereocenters. The van der Waals surface area contributed by atoms with E-state index in [-0.39, 0.29) is 0 Å². The van der Waals surface area contributed by atoms with Gasteiger partial charge < -0.3 is 10.7 Å². The Morgan fingerprint density at radius 2 is 2.29 bits per heavy atom. The lowest BCUT2D eigenvalue weighted by molar-refractivity contribution is 0.593. The van der Waals surface area contributed by atoms with Crippen LogP contribution in [0.3, 0.4) is 0 Å². The monoisotopic (exact) mass is 100 g/mol. The molecule has 0 atom stereocenters. The number of rotatable bonds is 0. The van der Waals surface area contributed by atoms with Crippen LogP contribution >= 0.6 is 0 Å². The van der Waals surface area contributed by atoms with Gasteiger partial charge in [0.05, 0.1) is 0 Å². The molecule has 0 fully saturated rings. The van der Waals surface area contributed by atoms with Crippen molar-refractivity contribution in [2.24, 2.45) is 0 Å². The molecule has 0 saturated carbocycles. The number of nitrogens with one attached hydrogen (secondary N) is 1. The van der Waals surface area contributed by atoms with E-state index in [4.69, 9.17) is 5.73 Å². The van der Waals surface area contributed by atoms with Gasteiger partial charge in [-0.1, -0.05) is 0 Å². The maximum Gasteiger partial charge on any atom is 0.192 e. The Morgan fingerprint density at radius 3 is 2.43 bits per heavy atom. The third-order valence-corrected chi connectivity index (χ3v) is 0.673. The molecule has 0 aliphatic rings. The molecule has 3 N–H and O–H groups in total. The highest BCUT2D eigenvalue weighted by Crippen LogP contribution is 1.98. The SMILES string of the molecule is Nc1ccc(F)[nH]1. The van der Waals surface area contributed by atoms with E-state index in [1.54, 1.807) is 0 Å². The van der Waals surface area contributed by atoms with Crippen LogP contribution in [-0.2, 0) is 0 Å². The molecule has 0 saturated heterocycles. The van der Waals surface area contributed by atoms with Crippen LogP contribution < -0.4 is 5.73 Å². The second-order valence-corrected chi connectivity index (χ2v) is 1.26. The lowest BCUT2D eigenvalue weighted by Crippen LogP contribution is -1.81. The van der Waals surface area contributed by atoms with Gasteiger partial charge in [-0.15, -0.1) is 0 Å². The molecule has 0 amide bonds. The number of nitrogens with two attached hydrogens (primary N) is 1. The standard InChI is InChI=1S/C4H5FN2/c5-3-1-2-4(6)7-3/h1-2,7H,6H2. The molecule has 0 radical (unpaired) electrons. The summed E-state index contributed by atoms with van der Waals surface area (Å²) in [6.07, 6.45) is 0. The molecular weight excluding hydrogens is 95.1 g/mol. The Kier molecular flexibility index (Phi) is 0.749. The van der Waals surface area contributed by atoms with E-state index in [1.165, 1.54) is 12.1 Å². The van der Waals surface area contributed by atoms with Gasteiger partial charge in [0, 0.05) is 0 Å². The number of halogens is 1. The molecule has 0 aromatic carbocycles. The van der Waals surface area contributed by atoms with E-state index in [0.717, 1.165) is 0 Å². The summed E-state index contributed by atoms with van der Waals surface area (Å²) < 4.78 is 11.8. The summed E-state index contributed by atoms with van der Waals surface area (Å²) in [6, 6.07) is 2.74. The van der Waals surface area contributed by atoms with Gasteiger partial charge in [0.25, 0.3) is 0 Å². The number of anilines is 1. The highest BCUT2D eigenvalue weighted by atomic mass is 19.1. The molecule has 0 aliphatic carbocycles. The molecule has 0 aliphatic heterocycles. The first-order valence-corrected chi connectivity index (χ1v) is 1.89. The molecule has 7 heavy (non-hydrogen) atoms. The van der Waals surface area contributed by atoms with Crippen molar-refractivity contribution >= 4 is 5.82 Å². The molecule has 1 heterocycles. The minimum absolute atomic E-state index is 0.359. The van der Waals surface area contributed by atoms with Crippen LogP contribution in [0.4, 0.5) is 10.2 Å². The molecule has 0 spiro atoms. The van der Waals surface area contributed by atoms with Gasteiger partial charge in [0.1, 0.15) is 5.82 Å². The van der Waals surface area contributed by atoms with E-state index in [0.29, 0.717) is 5.82 Å². The Balaban J connectivity index is 3.04. The summed E-state index contributed by atoms with van der Waals surface area (Å²) in [7, 11) is 0. The van der Waals surface area contributed by atoms with Gasteiger partial charge in [0.15, 0.2) is 5.95 Å². The van der Waals surface area contributed by atoms with E-state index >= 15 is 0 Å². The minimum Gasteiger partial charge on any atom is -0.385 e. The Bertz CT molecular complexity index is 142. The van der Waals surface area contributed by atoms with Crippen molar-refractivity contribution in [3.05, 3.63) is 18.1 Å². The molecule has 0 bridgehead atoms. The maximum atomic E-state index is 11.8. The normalized spacial score (nSPS) is 9.29. The molecule has 1 aromatic rings. The second kappa shape index (κ2) is 1.26. The van der Waals surface area contributed by atoms with E-state index < -0.39 is 5.95 Å². The zero-order valence-electron chi connectivity index (χ0n) is 3.61. The number of hydrogen-bond acceptors (Lipinski definition) is 1. The van der Waals surface area contributed by atoms with Crippen LogP contribution in [0.15, 0.2) is 12.1 Å². The second-order valence-electron chi connectivity index (χ2n) is 1.26. The van der Waals surface area contributed by atoms with Crippen molar-refractivity contribution in [2.75, 3.05) is 5.73 Å². The van der Waals surface area contributed by atoms with Crippen LogP contribution in [0.5, 0.6) is 0 Å². The first kappa shape index (κ1) is 4.18. The molecule has 38 valence electrons. The number of nitrogen functional groups attached to an aromatic ring is 1. The minimum atomic E-state index is -0.391. The molecule has 3 heteroatoms. The van der Waals surface area contributed by atoms with Crippen LogP contribution in [0.2, 0.25) is 0 Å². The zero-order valence-corrected chi connectivity index (χ0v) is 3.61. The first-order valence-electron chi connectivity index (χ1n) is 1.89. The summed E-state index contributed by atoms with van der Waals surface area (Å²) in [4.78, 5) is 2.25. The summed E-state index contributed by atoms with van der Waals surface area (Å²) in [5.74, 6) is -0.0324. The van der Waals surface area contributed by atoms with Gasteiger partial charge >= 0.3 is 0 Å². The van der Waals surface area contributed by atoms with Gasteiger partial charge in [-0.2, -0.15) is 4.39 Å². The molecule has 1 rings (SSSR count). The van der Waals surface area contributed by atoms with Gasteiger partial charge in [-0.05, 0) is 12.1 Å². The molecule has 1 aromatic heterocycles. The van der Waals surface area contributed by atoms with Gasteiger partial charge in [-0.3, -0.25) is 0 Å². The first-order chi connectivity index (χ1) is 3.29. The fraction of sp³-hybridized carbons (Fsp3) is 0. The molecule has 2 nitrogen and oxygen atoms in total. The van der Waals surface area contributed by atoms with Crippen LogP contribution in [-0.4, -0.2) is 4.98 Å². The number of H-pyrrole nitrogens is 1. The zero-order chi connectivity index (χ0) is 5.28. The van der Waals surface area contributed by atoms with Crippen LogP contribution in [0.1, 0.15) is 0 Å². The predicted molar refractivity (Wildman–Crippen MR) is 25.2 cm³/mol. The van der Waals surface area contributed by atoms with Gasteiger partial charge in [0.2, 0.25) is 0 Å². The molecular formula is C4H5FN2. The van der Waals surface area contributed by atoms with E-state index in [1.807, 2.05) is 0 Å². The fourth-order valence-electron chi connectivity index (χ4n) is 0.384. The number of aromatic amines is 1. The highest BCUT2D eigenvalue weighted by molar-refractivity contribution is 5.27. The maximum absolute atomic E-state index is 11.8. The largest absolute Gasteiger partial charge is 0.385 e. The van der Waals surface area contributed by atoms with Gasteiger partial charge in [-0.25, -0.2) is 0 Å². The smallest absolute Gasteiger partial charge is 0.192 e. The van der Waals surface area contributed by atoms with Crippen molar-refractivity contribution in [2.45, 2.75) is 0 Å². The van der Waals surface area contributed by atoms with Crippen molar-refractivity contribution in [3.8, 4) is 0 Å². The Labute approximate surface area is 40.1 Å². The summed E-state index contributed by atoms with van der Waals surface area (Å²) in [5, 5.41) is 0. The average molecular weight is 100 g/mol. The Morgan fingerprint density at radius 1 is 1.57 bits per heavy atom. The van der Waals surface area contributed by atoms with Crippen LogP contribution in [0, 0.1) is 5.95 Å². The van der Waals surface area contributed by atoms with E-state index in [2.05, 4.69) is 4.98 Å². The predicted octanol–water partition coefficient (Wildman–Crippen LogP) is 0.736. The van der Waals surface area contributed by atoms with E-state index in [9.17, 15) is 4.39 Å². The Hall–Kier alpha value is -0.990. The van der Waals surface area contributed by atoms with Crippen molar-refractivity contribution in [3.63, 3.8) is 0 Å². The lowest BCUT2D eigenvalue weighted by atomic mass is 10.6. The highest BCUT2D eigenvalue weighted by Gasteiger charge is 1.86. The summed E-state index contributed by atoms with van der Waals surface area (Å²) in [5.41, 5.74) is 5.08. The number of hydrogen-bond donors (Lipinski definition) is 2. The fourth-order valence-corrected chi connectivity index (χ4v) is 0.384.